The lowest BCUT2D eigenvalue weighted by Crippen LogP contribution is -2.03. The van der Waals surface area contributed by atoms with Gasteiger partial charge >= 0.3 is 0 Å². The van der Waals surface area contributed by atoms with Gasteiger partial charge in [0.15, 0.2) is 0 Å². The largest absolute Gasteiger partial charge is 0.464 e. The van der Waals surface area contributed by atoms with Crippen LogP contribution < -0.4 is 0 Å². The zero-order chi connectivity index (χ0) is 15.1. The van der Waals surface area contributed by atoms with Gasteiger partial charge in [-0.05, 0) is 30.9 Å². The molecule has 2 rings (SSSR count). The highest BCUT2D eigenvalue weighted by Crippen LogP contribution is 2.22. The van der Waals surface area contributed by atoms with Gasteiger partial charge in [-0.1, -0.05) is 43.9 Å². The van der Waals surface area contributed by atoms with Crippen molar-refractivity contribution in [1.82, 2.24) is 0 Å². The van der Waals surface area contributed by atoms with Crippen molar-refractivity contribution in [3.63, 3.8) is 0 Å². The van der Waals surface area contributed by atoms with Gasteiger partial charge < -0.3 is 4.42 Å². The smallest absolute Gasteiger partial charge is 0.264 e. The van der Waals surface area contributed by atoms with Crippen molar-refractivity contribution in [1.29, 1.82) is 0 Å². The highest BCUT2D eigenvalue weighted by Gasteiger charge is 2.05. The van der Waals surface area contributed by atoms with Crippen molar-refractivity contribution >= 4 is 21.1 Å². The van der Waals surface area contributed by atoms with Crippen LogP contribution in [0, 0.1) is 0 Å². The molecule has 1 aromatic heterocycles. The van der Waals surface area contributed by atoms with E-state index < -0.39 is 10.1 Å². The van der Waals surface area contributed by atoms with Gasteiger partial charge in [0, 0.05) is 5.39 Å². The number of para-hydroxylation sites is 1. The van der Waals surface area contributed by atoms with Gasteiger partial charge in [0.2, 0.25) is 0 Å². The number of hydrogen-bond acceptors (Lipinski definition) is 3. The summed E-state index contributed by atoms with van der Waals surface area (Å²) in [5.41, 5.74) is 2.20. The zero-order valence-corrected chi connectivity index (χ0v) is 12.9. The predicted octanol–water partition coefficient (Wildman–Crippen LogP) is 4.20. The van der Waals surface area contributed by atoms with Crippen LogP contribution in [-0.4, -0.2) is 18.7 Å². The lowest BCUT2D eigenvalue weighted by atomic mass is 10.0. The molecule has 0 saturated heterocycles. The van der Waals surface area contributed by atoms with Gasteiger partial charge in [0.05, 0.1) is 12.0 Å². The average molecular weight is 310 g/mol. The molecule has 0 amide bonds. The van der Waals surface area contributed by atoms with E-state index in [4.69, 9.17) is 8.97 Å². The zero-order valence-electron chi connectivity index (χ0n) is 12.1. The van der Waals surface area contributed by atoms with Gasteiger partial charge in [0.1, 0.15) is 5.58 Å². The second-order valence-electron chi connectivity index (χ2n) is 5.41. The number of rotatable bonds is 9. The highest BCUT2D eigenvalue weighted by molar-refractivity contribution is 7.85. The van der Waals surface area contributed by atoms with E-state index in [0.29, 0.717) is 6.42 Å². The van der Waals surface area contributed by atoms with Crippen LogP contribution in [0.2, 0.25) is 0 Å². The maximum absolute atomic E-state index is 10.6. The molecule has 1 N–H and O–H groups in total. The molecule has 2 aromatic rings. The quantitative estimate of drug-likeness (QED) is 0.556. The van der Waals surface area contributed by atoms with E-state index >= 15 is 0 Å². The minimum absolute atomic E-state index is 0.117. The van der Waals surface area contributed by atoms with E-state index in [1.54, 1.807) is 0 Å². The van der Waals surface area contributed by atoms with Crippen molar-refractivity contribution in [2.45, 2.75) is 44.9 Å². The number of furan rings is 1. The molecule has 0 saturated carbocycles. The molecule has 4 nitrogen and oxygen atoms in total. The van der Waals surface area contributed by atoms with Gasteiger partial charge in [0.25, 0.3) is 10.1 Å². The van der Waals surface area contributed by atoms with Crippen LogP contribution in [0.1, 0.15) is 44.1 Å². The third-order valence-electron chi connectivity index (χ3n) is 3.66. The van der Waals surface area contributed by atoms with Crippen molar-refractivity contribution in [3.05, 3.63) is 36.1 Å². The average Bonchev–Trinajstić information content (AvgIpc) is 2.84. The van der Waals surface area contributed by atoms with E-state index in [1.807, 2.05) is 24.5 Å². The van der Waals surface area contributed by atoms with Crippen LogP contribution in [-0.2, 0) is 16.5 Å². The second-order valence-corrected chi connectivity index (χ2v) is 6.99. The summed E-state index contributed by atoms with van der Waals surface area (Å²) in [6.07, 6.45) is 8.62. The number of unbranched alkanes of at least 4 members (excludes halogenated alkanes) is 5. The third kappa shape index (κ3) is 5.52. The SMILES string of the molecule is O=S(=O)(O)CCCCCCCCc1coc2ccccc12. The van der Waals surface area contributed by atoms with E-state index in [9.17, 15) is 8.42 Å². The highest BCUT2D eigenvalue weighted by atomic mass is 32.2. The molecule has 0 atom stereocenters. The number of hydrogen-bond donors (Lipinski definition) is 1. The normalized spacial score (nSPS) is 12.0. The molecular formula is C16H22O4S. The summed E-state index contributed by atoms with van der Waals surface area (Å²) < 4.78 is 35.2. The third-order valence-corrected chi connectivity index (χ3v) is 4.46. The molecule has 1 aromatic carbocycles. The van der Waals surface area contributed by atoms with Crippen LogP contribution >= 0.6 is 0 Å². The fourth-order valence-electron chi connectivity index (χ4n) is 2.53. The molecule has 5 heteroatoms. The van der Waals surface area contributed by atoms with Gasteiger partial charge in [-0.2, -0.15) is 8.42 Å². The van der Waals surface area contributed by atoms with Crippen LogP contribution in [0.15, 0.2) is 34.9 Å². The molecule has 0 fully saturated rings. The summed E-state index contributed by atoms with van der Waals surface area (Å²) >= 11 is 0. The summed E-state index contributed by atoms with van der Waals surface area (Å²) in [5, 5.41) is 1.20. The first-order valence-corrected chi connectivity index (χ1v) is 9.07. The molecule has 0 bridgehead atoms. The first kappa shape index (κ1) is 16.0. The molecular weight excluding hydrogens is 288 g/mol. The fourth-order valence-corrected chi connectivity index (χ4v) is 3.10. The summed E-state index contributed by atoms with van der Waals surface area (Å²) in [6, 6.07) is 8.07. The molecule has 0 radical (unpaired) electrons. The van der Waals surface area contributed by atoms with Crippen LogP contribution in [0.4, 0.5) is 0 Å². The van der Waals surface area contributed by atoms with Gasteiger partial charge in [-0.15, -0.1) is 0 Å². The number of fused-ring (bicyclic) bond motifs is 1. The minimum Gasteiger partial charge on any atom is -0.464 e. The Bertz CT molecular complexity index is 658. The molecule has 21 heavy (non-hydrogen) atoms. The number of benzene rings is 1. The first-order valence-electron chi connectivity index (χ1n) is 7.46. The molecule has 0 aliphatic heterocycles. The Balaban J connectivity index is 1.60. The Morgan fingerprint density at radius 2 is 1.62 bits per heavy atom. The Kier molecular flexibility index (Phi) is 5.82. The maximum Gasteiger partial charge on any atom is 0.264 e. The molecule has 0 aliphatic carbocycles. The van der Waals surface area contributed by atoms with E-state index in [-0.39, 0.29) is 5.75 Å². The lowest BCUT2D eigenvalue weighted by Gasteiger charge is -2.01. The van der Waals surface area contributed by atoms with Crippen LogP contribution in [0.3, 0.4) is 0 Å². The van der Waals surface area contributed by atoms with Crippen LogP contribution in [0.5, 0.6) is 0 Å². The van der Waals surface area contributed by atoms with Crippen molar-refractivity contribution in [2.75, 3.05) is 5.75 Å². The fraction of sp³-hybridized carbons (Fsp3) is 0.500. The molecule has 1 heterocycles. The molecule has 0 aliphatic rings. The van der Waals surface area contributed by atoms with E-state index in [0.717, 1.165) is 44.1 Å². The lowest BCUT2D eigenvalue weighted by molar-refractivity contribution is 0.478. The van der Waals surface area contributed by atoms with Crippen molar-refractivity contribution in [3.8, 4) is 0 Å². The van der Waals surface area contributed by atoms with E-state index in [2.05, 4.69) is 6.07 Å². The monoisotopic (exact) mass is 310 g/mol. The number of aryl methyl sites for hydroxylation is 1. The Morgan fingerprint density at radius 1 is 0.952 bits per heavy atom. The van der Waals surface area contributed by atoms with Gasteiger partial charge in [-0.3, -0.25) is 4.55 Å². The summed E-state index contributed by atoms with van der Waals surface area (Å²) in [5.74, 6) is -0.117. The molecule has 116 valence electrons. The van der Waals surface area contributed by atoms with E-state index in [1.165, 1.54) is 10.9 Å². The van der Waals surface area contributed by atoms with Gasteiger partial charge in [-0.25, -0.2) is 0 Å². The summed E-state index contributed by atoms with van der Waals surface area (Å²) in [6.45, 7) is 0. The second kappa shape index (κ2) is 7.61. The van der Waals surface area contributed by atoms with Crippen molar-refractivity contribution < 1.29 is 17.4 Å². The maximum atomic E-state index is 10.6. The Hall–Kier alpha value is -1.33. The standard InChI is InChI=1S/C16H22O4S/c17-21(18,19)12-8-4-2-1-3-5-9-14-13-20-16-11-7-6-10-15(14)16/h6-7,10-11,13H,1-5,8-9,12H2,(H,17,18,19). The molecule has 0 spiro atoms. The Labute approximate surface area is 125 Å². The topological polar surface area (TPSA) is 67.5 Å². The van der Waals surface area contributed by atoms with Crippen molar-refractivity contribution in [2.24, 2.45) is 0 Å². The minimum atomic E-state index is -3.78. The van der Waals surface area contributed by atoms with Crippen LogP contribution in [0.25, 0.3) is 11.0 Å². The summed E-state index contributed by atoms with van der Waals surface area (Å²) in [7, 11) is -3.78. The first-order chi connectivity index (χ1) is 10.1. The predicted molar refractivity (Wildman–Crippen MR) is 84.0 cm³/mol. The Morgan fingerprint density at radius 3 is 2.38 bits per heavy atom. The summed E-state index contributed by atoms with van der Waals surface area (Å²) in [4.78, 5) is 0. The molecule has 0 unspecified atom stereocenters.